The highest BCUT2D eigenvalue weighted by Gasteiger charge is 2.18. The maximum atomic E-state index is 12.1. The van der Waals surface area contributed by atoms with Crippen molar-refractivity contribution in [2.75, 3.05) is 18.4 Å². The summed E-state index contributed by atoms with van der Waals surface area (Å²) in [5, 5.41) is 2.95. The molecule has 1 saturated heterocycles. The monoisotopic (exact) mass is 438 g/mol. The summed E-state index contributed by atoms with van der Waals surface area (Å²) in [4.78, 5) is 14.0. The number of nitrogens with zero attached hydrogens (tertiary/aromatic N) is 1. The third kappa shape index (κ3) is 3.48. The van der Waals surface area contributed by atoms with Gasteiger partial charge in [0.2, 0.25) is 0 Å². The van der Waals surface area contributed by atoms with E-state index in [9.17, 15) is 4.79 Å². The molecule has 0 radical (unpaired) electrons. The second kappa shape index (κ2) is 6.39. The number of hydrogen-bond acceptors (Lipinski definition) is 1. The SMILES string of the molecule is O=C(Nc1c(Br)cc(Br)cc1Br)N1CCCCC1. The average molecular weight is 441 g/mol. The zero-order valence-corrected chi connectivity index (χ0v) is 14.4. The maximum Gasteiger partial charge on any atom is 0.321 e. The van der Waals surface area contributed by atoms with Crippen LogP contribution in [0.5, 0.6) is 0 Å². The zero-order valence-electron chi connectivity index (χ0n) is 9.68. The zero-order chi connectivity index (χ0) is 13.1. The highest BCUT2D eigenvalue weighted by molar-refractivity contribution is 9.11. The van der Waals surface area contributed by atoms with Crippen LogP contribution in [0.4, 0.5) is 10.5 Å². The molecule has 18 heavy (non-hydrogen) atoms. The fourth-order valence-electron chi connectivity index (χ4n) is 1.94. The molecule has 0 atom stereocenters. The van der Waals surface area contributed by atoms with Gasteiger partial charge in [-0.05, 0) is 63.3 Å². The standard InChI is InChI=1S/C12H13Br3N2O/c13-8-6-9(14)11(10(15)7-8)16-12(18)17-4-2-1-3-5-17/h6-7H,1-5H2,(H,16,18). The van der Waals surface area contributed by atoms with Crippen LogP contribution in [0, 0.1) is 0 Å². The van der Waals surface area contributed by atoms with Gasteiger partial charge in [-0.3, -0.25) is 0 Å². The summed E-state index contributed by atoms with van der Waals surface area (Å²) in [6.45, 7) is 1.69. The predicted molar refractivity (Wildman–Crippen MR) is 84.0 cm³/mol. The normalized spacial score (nSPS) is 15.6. The first kappa shape index (κ1) is 14.3. The molecule has 98 valence electrons. The van der Waals surface area contributed by atoms with Gasteiger partial charge in [-0.2, -0.15) is 0 Å². The lowest BCUT2D eigenvalue weighted by Gasteiger charge is -2.27. The maximum absolute atomic E-state index is 12.1. The molecular weight excluding hydrogens is 428 g/mol. The number of amides is 2. The van der Waals surface area contributed by atoms with E-state index >= 15 is 0 Å². The molecule has 3 nitrogen and oxygen atoms in total. The Morgan fingerprint density at radius 2 is 1.61 bits per heavy atom. The first-order valence-corrected chi connectivity index (χ1v) is 8.16. The van der Waals surface area contributed by atoms with Crippen LogP contribution in [0.25, 0.3) is 0 Å². The molecule has 1 aliphatic heterocycles. The molecule has 2 rings (SSSR count). The lowest BCUT2D eigenvalue weighted by atomic mass is 10.1. The van der Waals surface area contributed by atoms with E-state index in [-0.39, 0.29) is 6.03 Å². The molecule has 1 N–H and O–H groups in total. The molecule has 0 aromatic heterocycles. The van der Waals surface area contributed by atoms with Crippen LogP contribution in [0.3, 0.4) is 0 Å². The number of carbonyl (C=O) groups is 1. The minimum Gasteiger partial charge on any atom is -0.325 e. The summed E-state index contributed by atoms with van der Waals surface area (Å²) in [5.41, 5.74) is 0.772. The third-order valence-electron chi connectivity index (χ3n) is 2.88. The number of urea groups is 1. The van der Waals surface area contributed by atoms with Crippen molar-refractivity contribution in [1.29, 1.82) is 0 Å². The van der Waals surface area contributed by atoms with E-state index < -0.39 is 0 Å². The third-order valence-corrected chi connectivity index (χ3v) is 4.59. The quantitative estimate of drug-likeness (QED) is 0.655. The van der Waals surface area contributed by atoms with Crippen LogP contribution in [0.1, 0.15) is 19.3 Å². The van der Waals surface area contributed by atoms with Crippen LogP contribution in [-0.4, -0.2) is 24.0 Å². The van der Waals surface area contributed by atoms with E-state index in [1.54, 1.807) is 0 Å². The van der Waals surface area contributed by atoms with Crippen LogP contribution in [-0.2, 0) is 0 Å². The average Bonchev–Trinajstić information content (AvgIpc) is 2.34. The Labute approximate surface area is 132 Å². The molecule has 0 spiro atoms. The Hall–Kier alpha value is -0.0700. The second-order valence-corrected chi connectivity index (χ2v) is 6.85. The number of likely N-dealkylation sites (tertiary alicyclic amines) is 1. The molecule has 1 fully saturated rings. The Morgan fingerprint density at radius 1 is 1.06 bits per heavy atom. The number of rotatable bonds is 1. The van der Waals surface area contributed by atoms with Crippen LogP contribution in [0.15, 0.2) is 25.6 Å². The van der Waals surface area contributed by atoms with Crippen LogP contribution in [0.2, 0.25) is 0 Å². The second-order valence-electron chi connectivity index (χ2n) is 4.22. The fourth-order valence-corrected chi connectivity index (χ4v) is 4.40. The Bertz CT molecular complexity index is 436. The number of carbonyl (C=O) groups excluding carboxylic acids is 1. The molecule has 1 aromatic rings. The van der Waals surface area contributed by atoms with Crippen LogP contribution >= 0.6 is 47.8 Å². The molecule has 0 bridgehead atoms. The molecule has 2 amide bonds. The van der Waals surface area contributed by atoms with Gasteiger partial charge in [-0.25, -0.2) is 4.79 Å². The predicted octanol–water partition coefficient (Wildman–Crippen LogP) is 4.99. The molecule has 1 heterocycles. The summed E-state index contributed by atoms with van der Waals surface area (Å²) in [6, 6.07) is 3.80. The smallest absolute Gasteiger partial charge is 0.321 e. The van der Waals surface area contributed by atoms with Crippen molar-refractivity contribution in [2.24, 2.45) is 0 Å². The Balaban J connectivity index is 2.11. The van der Waals surface area contributed by atoms with Gasteiger partial charge in [0.25, 0.3) is 0 Å². The van der Waals surface area contributed by atoms with E-state index in [1.165, 1.54) is 6.42 Å². The van der Waals surface area contributed by atoms with Crippen molar-refractivity contribution in [3.63, 3.8) is 0 Å². The van der Waals surface area contributed by atoms with E-state index in [4.69, 9.17) is 0 Å². The summed E-state index contributed by atoms with van der Waals surface area (Å²) in [6.07, 6.45) is 3.40. The number of nitrogens with one attached hydrogen (secondary N) is 1. The van der Waals surface area contributed by atoms with Crippen molar-refractivity contribution >= 4 is 59.5 Å². The fraction of sp³-hybridized carbons (Fsp3) is 0.417. The van der Waals surface area contributed by atoms with E-state index in [0.29, 0.717) is 0 Å². The van der Waals surface area contributed by atoms with Gasteiger partial charge >= 0.3 is 6.03 Å². The Kier molecular flexibility index (Phi) is 5.09. The van der Waals surface area contributed by atoms with Crippen molar-refractivity contribution in [1.82, 2.24) is 4.90 Å². The number of anilines is 1. The minimum atomic E-state index is -0.0292. The molecule has 0 unspecified atom stereocenters. The van der Waals surface area contributed by atoms with Gasteiger partial charge in [0.05, 0.1) is 5.69 Å². The number of benzene rings is 1. The number of halogens is 3. The van der Waals surface area contributed by atoms with Crippen molar-refractivity contribution in [2.45, 2.75) is 19.3 Å². The van der Waals surface area contributed by atoms with Crippen LogP contribution < -0.4 is 5.32 Å². The van der Waals surface area contributed by atoms with Crippen molar-refractivity contribution in [3.05, 3.63) is 25.6 Å². The Morgan fingerprint density at radius 3 is 2.17 bits per heavy atom. The first-order chi connectivity index (χ1) is 8.58. The van der Waals surface area contributed by atoms with Gasteiger partial charge in [0, 0.05) is 26.5 Å². The van der Waals surface area contributed by atoms with E-state index in [2.05, 4.69) is 53.1 Å². The lowest BCUT2D eigenvalue weighted by Crippen LogP contribution is -2.38. The van der Waals surface area contributed by atoms with Gasteiger partial charge in [0.1, 0.15) is 0 Å². The lowest BCUT2D eigenvalue weighted by molar-refractivity contribution is 0.200. The topological polar surface area (TPSA) is 32.3 Å². The molecular formula is C12H13Br3N2O. The molecule has 1 aliphatic rings. The van der Waals surface area contributed by atoms with Crippen molar-refractivity contribution in [3.8, 4) is 0 Å². The summed E-state index contributed by atoms with van der Waals surface area (Å²) in [7, 11) is 0. The van der Waals surface area contributed by atoms with Gasteiger partial charge < -0.3 is 10.2 Å². The van der Waals surface area contributed by atoms with Gasteiger partial charge in [-0.1, -0.05) is 15.9 Å². The summed E-state index contributed by atoms with van der Waals surface area (Å²) in [5.74, 6) is 0. The molecule has 1 aromatic carbocycles. The molecule has 6 heteroatoms. The number of piperidine rings is 1. The molecule has 0 aliphatic carbocycles. The minimum absolute atomic E-state index is 0.0292. The highest BCUT2D eigenvalue weighted by atomic mass is 79.9. The summed E-state index contributed by atoms with van der Waals surface area (Å²) < 4.78 is 2.67. The van der Waals surface area contributed by atoms with E-state index in [0.717, 1.165) is 45.0 Å². The van der Waals surface area contributed by atoms with Gasteiger partial charge in [-0.15, -0.1) is 0 Å². The number of hydrogen-bond donors (Lipinski definition) is 1. The van der Waals surface area contributed by atoms with Gasteiger partial charge in [0.15, 0.2) is 0 Å². The largest absolute Gasteiger partial charge is 0.325 e. The van der Waals surface area contributed by atoms with Crippen molar-refractivity contribution < 1.29 is 4.79 Å². The first-order valence-electron chi connectivity index (χ1n) is 5.78. The summed E-state index contributed by atoms with van der Waals surface area (Å²) >= 11 is 10.3. The van der Waals surface area contributed by atoms with E-state index in [1.807, 2.05) is 17.0 Å². The molecule has 0 saturated carbocycles. The highest BCUT2D eigenvalue weighted by Crippen LogP contribution is 2.34.